The molecule has 0 bridgehead atoms. The Morgan fingerprint density at radius 1 is 1.20 bits per heavy atom. The summed E-state index contributed by atoms with van der Waals surface area (Å²) in [7, 11) is 0. The third kappa shape index (κ3) is 1.30. The van der Waals surface area contributed by atoms with Gasteiger partial charge in [0.25, 0.3) is 0 Å². The molecule has 4 nitrogen and oxygen atoms in total. The quantitative estimate of drug-likeness (QED) is 0.632. The summed E-state index contributed by atoms with van der Waals surface area (Å²) >= 11 is 5.71. The van der Waals surface area contributed by atoms with Gasteiger partial charge in [0.05, 0.1) is 0 Å². The number of hydrogen-bond acceptors (Lipinski definition) is 3. The molecule has 74 valence electrons. The maximum absolute atomic E-state index is 5.71. The van der Waals surface area contributed by atoms with Gasteiger partial charge in [-0.25, -0.2) is 9.97 Å². The molecule has 0 aromatic carbocycles. The summed E-state index contributed by atoms with van der Waals surface area (Å²) in [5.74, 6) is 0.612. The summed E-state index contributed by atoms with van der Waals surface area (Å²) in [6.07, 6.45) is 3.37. The zero-order valence-corrected chi connectivity index (χ0v) is 8.35. The first-order chi connectivity index (χ1) is 7.34. The van der Waals surface area contributed by atoms with Crippen molar-refractivity contribution in [1.29, 1.82) is 0 Å². The van der Waals surface area contributed by atoms with Crippen molar-refractivity contribution >= 4 is 22.8 Å². The van der Waals surface area contributed by atoms with E-state index in [0.717, 1.165) is 11.2 Å². The lowest BCUT2D eigenvalue weighted by Gasteiger charge is -1.96. The minimum absolute atomic E-state index is 0.350. The van der Waals surface area contributed by atoms with Crippen LogP contribution in [-0.2, 0) is 0 Å². The van der Waals surface area contributed by atoms with Gasteiger partial charge in [0, 0.05) is 12.3 Å². The largest absolute Gasteiger partial charge is 0.428 e. The standard InChI is InChI=1S/C10H6ClN3O/c11-8-3-4-9(15-8)14-6-13-7-2-1-5-12-10(7)14/h1-6H. The monoisotopic (exact) mass is 219 g/mol. The number of imidazole rings is 1. The fraction of sp³-hybridized carbons (Fsp3) is 0. The molecule has 0 aliphatic heterocycles. The van der Waals surface area contributed by atoms with Gasteiger partial charge in [-0.1, -0.05) is 0 Å². The molecule has 0 saturated heterocycles. The molecule has 0 fully saturated rings. The second kappa shape index (κ2) is 3.10. The summed E-state index contributed by atoms with van der Waals surface area (Å²) < 4.78 is 7.04. The van der Waals surface area contributed by atoms with Crippen LogP contribution in [0.15, 0.2) is 41.2 Å². The van der Waals surface area contributed by atoms with Gasteiger partial charge in [-0.15, -0.1) is 0 Å². The highest BCUT2D eigenvalue weighted by molar-refractivity contribution is 6.28. The van der Waals surface area contributed by atoms with Crippen molar-refractivity contribution in [3.8, 4) is 5.88 Å². The Morgan fingerprint density at radius 2 is 2.13 bits per heavy atom. The molecule has 0 N–H and O–H groups in total. The Kier molecular flexibility index (Phi) is 1.76. The first-order valence-electron chi connectivity index (χ1n) is 4.38. The van der Waals surface area contributed by atoms with Crippen LogP contribution < -0.4 is 0 Å². The molecule has 0 atom stereocenters. The van der Waals surface area contributed by atoms with E-state index in [2.05, 4.69) is 9.97 Å². The van der Waals surface area contributed by atoms with Crippen molar-refractivity contribution in [2.45, 2.75) is 0 Å². The van der Waals surface area contributed by atoms with Crippen LogP contribution in [0.2, 0.25) is 5.22 Å². The van der Waals surface area contributed by atoms with Gasteiger partial charge in [-0.05, 0) is 29.8 Å². The van der Waals surface area contributed by atoms with Gasteiger partial charge < -0.3 is 4.42 Å². The van der Waals surface area contributed by atoms with Crippen molar-refractivity contribution in [1.82, 2.24) is 14.5 Å². The lowest BCUT2D eigenvalue weighted by molar-refractivity contribution is 0.543. The van der Waals surface area contributed by atoms with Crippen LogP contribution in [0.1, 0.15) is 0 Å². The molecule has 0 aliphatic rings. The van der Waals surface area contributed by atoms with Gasteiger partial charge in [-0.2, -0.15) is 0 Å². The molecular formula is C10H6ClN3O. The summed E-state index contributed by atoms with van der Waals surface area (Å²) in [4.78, 5) is 8.43. The zero-order chi connectivity index (χ0) is 10.3. The van der Waals surface area contributed by atoms with E-state index in [9.17, 15) is 0 Å². The summed E-state index contributed by atoms with van der Waals surface area (Å²) in [5.41, 5.74) is 1.58. The van der Waals surface area contributed by atoms with E-state index in [1.54, 1.807) is 29.2 Å². The number of hydrogen-bond donors (Lipinski definition) is 0. The molecule has 0 saturated carbocycles. The van der Waals surface area contributed by atoms with Crippen LogP contribution in [0, 0.1) is 0 Å². The van der Waals surface area contributed by atoms with Crippen molar-refractivity contribution < 1.29 is 4.42 Å². The van der Waals surface area contributed by atoms with E-state index in [4.69, 9.17) is 16.0 Å². The topological polar surface area (TPSA) is 43.9 Å². The van der Waals surface area contributed by atoms with Crippen molar-refractivity contribution in [2.75, 3.05) is 0 Å². The number of nitrogens with zero attached hydrogens (tertiary/aromatic N) is 3. The van der Waals surface area contributed by atoms with Crippen LogP contribution >= 0.6 is 11.6 Å². The van der Waals surface area contributed by atoms with Crippen molar-refractivity contribution in [3.05, 3.63) is 42.0 Å². The Morgan fingerprint density at radius 3 is 2.93 bits per heavy atom. The van der Waals surface area contributed by atoms with Crippen LogP contribution in [0.25, 0.3) is 17.0 Å². The third-order valence-electron chi connectivity index (χ3n) is 2.10. The maximum atomic E-state index is 5.71. The predicted octanol–water partition coefficient (Wildman–Crippen LogP) is 2.67. The lowest BCUT2D eigenvalue weighted by Crippen LogP contribution is -1.90. The molecule has 0 aliphatic carbocycles. The Bertz CT molecular complexity index is 614. The normalized spacial score (nSPS) is 11.0. The maximum Gasteiger partial charge on any atom is 0.208 e. The Labute approximate surface area is 90.1 Å². The fourth-order valence-electron chi connectivity index (χ4n) is 1.44. The predicted molar refractivity (Wildman–Crippen MR) is 56.1 cm³/mol. The molecule has 3 aromatic heterocycles. The second-order valence-electron chi connectivity index (χ2n) is 3.04. The number of furan rings is 1. The molecule has 0 spiro atoms. The second-order valence-corrected chi connectivity index (χ2v) is 3.41. The Hall–Kier alpha value is -1.81. The Balaban J connectivity index is 2.27. The zero-order valence-electron chi connectivity index (χ0n) is 7.59. The number of pyridine rings is 1. The summed E-state index contributed by atoms with van der Waals surface area (Å²) in [6.45, 7) is 0. The molecule has 5 heteroatoms. The molecule has 0 amide bonds. The first kappa shape index (κ1) is 8.49. The molecule has 15 heavy (non-hydrogen) atoms. The smallest absolute Gasteiger partial charge is 0.208 e. The van der Waals surface area contributed by atoms with Crippen molar-refractivity contribution in [3.63, 3.8) is 0 Å². The molecular weight excluding hydrogens is 214 g/mol. The highest BCUT2D eigenvalue weighted by Gasteiger charge is 2.07. The highest BCUT2D eigenvalue weighted by Crippen LogP contribution is 2.20. The van der Waals surface area contributed by atoms with Crippen LogP contribution in [-0.4, -0.2) is 14.5 Å². The summed E-state index contributed by atoms with van der Waals surface area (Å²) in [5, 5.41) is 0.350. The minimum Gasteiger partial charge on any atom is -0.428 e. The van der Waals surface area contributed by atoms with Crippen LogP contribution in [0.4, 0.5) is 0 Å². The molecule has 0 unspecified atom stereocenters. The lowest BCUT2D eigenvalue weighted by atomic mass is 10.4. The van der Waals surface area contributed by atoms with Gasteiger partial charge in [0.2, 0.25) is 5.88 Å². The summed E-state index contributed by atoms with van der Waals surface area (Å²) in [6, 6.07) is 7.20. The van der Waals surface area contributed by atoms with E-state index < -0.39 is 0 Å². The molecule has 3 aromatic rings. The van der Waals surface area contributed by atoms with E-state index in [0.29, 0.717) is 11.1 Å². The molecule has 0 radical (unpaired) electrons. The van der Waals surface area contributed by atoms with Crippen molar-refractivity contribution in [2.24, 2.45) is 0 Å². The highest BCUT2D eigenvalue weighted by atomic mass is 35.5. The van der Waals surface area contributed by atoms with Gasteiger partial charge in [-0.3, -0.25) is 4.57 Å². The minimum atomic E-state index is 0.350. The van der Waals surface area contributed by atoms with Gasteiger partial charge in [0.1, 0.15) is 11.8 Å². The van der Waals surface area contributed by atoms with Gasteiger partial charge >= 0.3 is 0 Å². The average molecular weight is 220 g/mol. The first-order valence-corrected chi connectivity index (χ1v) is 4.76. The number of fused-ring (bicyclic) bond motifs is 1. The SMILES string of the molecule is Clc1ccc(-n2cnc3cccnc32)o1. The third-order valence-corrected chi connectivity index (χ3v) is 2.31. The van der Waals surface area contributed by atoms with Crippen LogP contribution in [0.3, 0.4) is 0 Å². The fourth-order valence-corrected chi connectivity index (χ4v) is 1.59. The van der Waals surface area contributed by atoms with E-state index >= 15 is 0 Å². The number of rotatable bonds is 1. The molecule has 3 rings (SSSR count). The molecule has 3 heterocycles. The number of aromatic nitrogens is 3. The van der Waals surface area contributed by atoms with E-state index in [1.165, 1.54) is 0 Å². The van der Waals surface area contributed by atoms with E-state index in [1.807, 2.05) is 12.1 Å². The number of halogens is 1. The van der Waals surface area contributed by atoms with E-state index in [-0.39, 0.29) is 0 Å². The average Bonchev–Trinajstić information content (AvgIpc) is 2.83. The van der Waals surface area contributed by atoms with Gasteiger partial charge in [0.15, 0.2) is 10.9 Å². The van der Waals surface area contributed by atoms with Crippen LogP contribution in [0.5, 0.6) is 0 Å².